The predicted octanol–water partition coefficient (Wildman–Crippen LogP) is 5.90. The van der Waals surface area contributed by atoms with Crippen LogP contribution in [0.4, 0.5) is 5.69 Å². The molecule has 13 heteroatoms. The fourth-order valence-corrected chi connectivity index (χ4v) is 9.85. The molecule has 1 aromatic heterocycles. The smallest absolute Gasteiger partial charge is 0.286 e. The molecule has 1 spiro atoms. The lowest BCUT2D eigenvalue weighted by Crippen LogP contribution is -2.49. The number of aryl methyl sites for hydroxylation is 2. The maximum absolute atomic E-state index is 14.4. The summed E-state index contributed by atoms with van der Waals surface area (Å²) in [7, 11) is 1.26. The van der Waals surface area contributed by atoms with Crippen molar-refractivity contribution in [3.8, 4) is 11.6 Å². The number of methoxy groups -OCH3 is 2. The topological polar surface area (TPSA) is 124 Å². The highest BCUT2D eigenvalue weighted by Crippen LogP contribution is 2.47. The van der Waals surface area contributed by atoms with Crippen molar-refractivity contribution < 1.29 is 28.0 Å². The molecule has 50 heavy (non-hydrogen) atoms. The first-order valence-corrected chi connectivity index (χ1v) is 19.4. The van der Waals surface area contributed by atoms with Crippen LogP contribution in [0.3, 0.4) is 0 Å². The Labute approximate surface area is 298 Å². The Kier molecular flexibility index (Phi) is 9.71. The van der Waals surface area contributed by atoms with Crippen LogP contribution in [0, 0.1) is 11.8 Å². The molecule has 0 unspecified atom stereocenters. The maximum atomic E-state index is 14.4. The summed E-state index contributed by atoms with van der Waals surface area (Å²) in [5, 5.41) is 4.87. The molecule has 2 amide bonds. The van der Waals surface area contributed by atoms with E-state index >= 15 is 0 Å². The van der Waals surface area contributed by atoms with Gasteiger partial charge in [0.25, 0.3) is 11.8 Å². The van der Waals surface area contributed by atoms with E-state index in [9.17, 15) is 13.8 Å². The number of aromatic nitrogens is 2. The SMILES string of the molecule is COc1nn(C)cc1C(=O)N[S@@]1(=O)=NC(=O)c2ccc3c(c2)N(C[C@@H]2CC[C@H]2[C@@H](OC)/C=C/CCC1)C[C@@]1(CCCc2cc(Cl)ccc21)CO3. The molecule has 1 fully saturated rings. The van der Waals surface area contributed by atoms with Crippen LogP contribution in [0.5, 0.6) is 11.6 Å². The minimum atomic E-state index is -3.54. The van der Waals surface area contributed by atoms with Crippen LogP contribution >= 0.6 is 11.6 Å². The van der Waals surface area contributed by atoms with E-state index in [1.807, 2.05) is 24.3 Å². The van der Waals surface area contributed by atoms with Crippen molar-refractivity contribution >= 4 is 39.0 Å². The highest BCUT2D eigenvalue weighted by Gasteiger charge is 2.44. The lowest BCUT2D eigenvalue weighted by atomic mass is 9.68. The molecule has 11 nitrogen and oxygen atoms in total. The largest absolute Gasteiger partial charge is 0.490 e. The molecule has 4 aliphatic rings. The molecule has 0 saturated heterocycles. The number of hydrogen-bond donors (Lipinski definition) is 1. The number of rotatable bonds is 4. The van der Waals surface area contributed by atoms with Gasteiger partial charge in [0.05, 0.1) is 31.3 Å². The Balaban J connectivity index is 1.29. The number of benzene rings is 2. The number of allylic oxidation sites excluding steroid dienone is 1. The van der Waals surface area contributed by atoms with E-state index < -0.39 is 21.7 Å². The van der Waals surface area contributed by atoms with E-state index in [0.717, 1.165) is 49.4 Å². The summed E-state index contributed by atoms with van der Waals surface area (Å²) < 4.78 is 40.5. The first-order valence-electron chi connectivity index (χ1n) is 17.3. The third kappa shape index (κ3) is 6.77. The molecular weight excluding hydrogens is 678 g/mol. The predicted molar refractivity (Wildman–Crippen MR) is 193 cm³/mol. The van der Waals surface area contributed by atoms with Gasteiger partial charge in [-0.15, -0.1) is 9.46 Å². The average Bonchev–Trinajstić information content (AvgIpc) is 3.40. The zero-order valence-corrected chi connectivity index (χ0v) is 30.3. The molecule has 266 valence electrons. The van der Waals surface area contributed by atoms with Crippen molar-refractivity contribution in [2.75, 3.05) is 44.6 Å². The van der Waals surface area contributed by atoms with Crippen LogP contribution in [0.15, 0.2) is 59.1 Å². The Hall–Kier alpha value is -3.87. The zero-order valence-electron chi connectivity index (χ0n) is 28.7. The second-order valence-corrected chi connectivity index (χ2v) is 16.5. The molecule has 2 aliphatic carbocycles. The van der Waals surface area contributed by atoms with Crippen LogP contribution in [0.2, 0.25) is 5.02 Å². The summed E-state index contributed by atoms with van der Waals surface area (Å²) in [6, 6.07) is 11.5. The molecule has 3 aromatic rings. The molecule has 1 N–H and O–H groups in total. The normalized spacial score (nSPS) is 28.6. The van der Waals surface area contributed by atoms with E-state index in [1.165, 1.54) is 29.1 Å². The summed E-state index contributed by atoms with van der Waals surface area (Å²) in [5.74, 6) is 0.126. The molecular formula is C37H44ClN5O6S. The van der Waals surface area contributed by atoms with Crippen LogP contribution in [-0.2, 0) is 33.5 Å². The maximum Gasteiger partial charge on any atom is 0.286 e. The standard InChI is InChI=1S/C37H44ClN5O6S/c1-42-21-29(36(39-42)48-3)35(45)41-50(46)17-6-4-5-9-32(47-2)28-13-10-26(28)20-43-22-37(16-7-8-24-18-27(38)12-14-30(24)37)23-49-33-15-11-25(19-31(33)43)34(44)40-50/h5,9,11-12,14-15,18-19,21,26,28,32H,4,6-8,10,13,16-17,20,22-23H2,1-3H3,(H,40,41,44,45,46)/b9-5+/t26-,28+,32-,37-,50-/m0/s1. The number of nitrogens with one attached hydrogen (secondary N) is 1. The van der Waals surface area contributed by atoms with Gasteiger partial charge in [0.1, 0.15) is 21.2 Å². The number of anilines is 1. The number of ether oxygens (including phenoxy) is 3. The number of fused-ring (bicyclic) bond motifs is 4. The molecule has 3 heterocycles. The number of amides is 2. The van der Waals surface area contributed by atoms with Gasteiger partial charge in [-0.1, -0.05) is 29.8 Å². The third-order valence-electron chi connectivity index (χ3n) is 10.7. The molecule has 2 bridgehead atoms. The summed E-state index contributed by atoms with van der Waals surface area (Å²) >= 11 is 6.45. The van der Waals surface area contributed by atoms with Gasteiger partial charge in [-0.05, 0) is 98.2 Å². The number of carbonyl (C=O) groups excluding carboxylic acids is 2. The Morgan fingerprint density at radius 3 is 2.80 bits per heavy atom. The first-order chi connectivity index (χ1) is 24.1. The second kappa shape index (κ2) is 14.0. The summed E-state index contributed by atoms with van der Waals surface area (Å²) in [6.45, 7) is 1.98. The Morgan fingerprint density at radius 2 is 2.02 bits per heavy atom. The fraction of sp³-hybridized carbons (Fsp3) is 0.486. The average molecular weight is 722 g/mol. The van der Waals surface area contributed by atoms with Gasteiger partial charge in [0.2, 0.25) is 5.88 Å². The van der Waals surface area contributed by atoms with E-state index in [4.69, 9.17) is 25.8 Å². The monoisotopic (exact) mass is 721 g/mol. The number of hydrogen-bond acceptors (Lipinski definition) is 8. The van der Waals surface area contributed by atoms with Crippen molar-refractivity contribution in [3.63, 3.8) is 0 Å². The molecule has 5 atom stereocenters. The minimum absolute atomic E-state index is 0.0206. The summed E-state index contributed by atoms with van der Waals surface area (Å²) in [4.78, 5) is 29.7. The van der Waals surface area contributed by atoms with Gasteiger partial charge in [0.15, 0.2) is 0 Å². The third-order valence-corrected chi connectivity index (χ3v) is 12.8. The first kappa shape index (κ1) is 34.6. The molecule has 2 aliphatic heterocycles. The summed E-state index contributed by atoms with van der Waals surface area (Å²) in [5.41, 5.74) is 3.44. The molecule has 2 aromatic carbocycles. The van der Waals surface area contributed by atoms with Crippen molar-refractivity contribution in [2.24, 2.45) is 23.2 Å². The highest BCUT2D eigenvalue weighted by atomic mass is 35.5. The lowest BCUT2D eigenvalue weighted by molar-refractivity contribution is 0.0132. The summed E-state index contributed by atoms with van der Waals surface area (Å²) in [6.07, 6.45) is 11.7. The molecule has 1 saturated carbocycles. The minimum Gasteiger partial charge on any atom is -0.490 e. The van der Waals surface area contributed by atoms with Gasteiger partial charge < -0.3 is 19.1 Å². The Morgan fingerprint density at radius 1 is 1.16 bits per heavy atom. The van der Waals surface area contributed by atoms with Gasteiger partial charge in [0, 0.05) is 49.4 Å². The van der Waals surface area contributed by atoms with Crippen molar-refractivity contribution in [2.45, 2.75) is 56.5 Å². The van der Waals surface area contributed by atoms with Gasteiger partial charge in [-0.25, -0.2) is 4.21 Å². The number of nitrogens with zero attached hydrogens (tertiary/aromatic N) is 4. The van der Waals surface area contributed by atoms with Crippen molar-refractivity contribution in [1.29, 1.82) is 0 Å². The Bertz CT molecular complexity index is 1950. The van der Waals surface area contributed by atoms with Crippen LogP contribution in [0.1, 0.15) is 70.4 Å². The van der Waals surface area contributed by atoms with Crippen LogP contribution in [0.25, 0.3) is 0 Å². The van der Waals surface area contributed by atoms with E-state index in [0.29, 0.717) is 43.6 Å². The quantitative estimate of drug-likeness (QED) is 0.331. The van der Waals surface area contributed by atoms with Crippen molar-refractivity contribution in [1.82, 2.24) is 14.5 Å². The second-order valence-electron chi connectivity index (χ2n) is 14.0. The highest BCUT2D eigenvalue weighted by molar-refractivity contribution is 7.92. The van der Waals surface area contributed by atoms with E-state index in [2.05, 4.69) is 37.3 Å². The van der Waals surface area contributed by atoms with Gasteiger partial charge in [-0.2, -0.15) is 0 Å². The molecule has 0 radical (unpaired) electrons. The number of halogens is 1. The van der Waals surface area contributed by atoms with E-state index in [1.54, 1.807) is 20.2 Å². The van der Waals surface area contributed by atoms with Crippen LogP contribution < -0.4 is 19.1 Å². The molecule has 7 rings (SSSR count). The zero-order chi connectivity index (χ0) is 35.0. The lowest BCUT2D eigenvalue weighted by Gasteiger charge is -2.46. The van der Waals surface area contributed by atoms with Crippen molar-refractivity contribution in [3.05, 3.63) is 82.0 Å². The number of carbonyl (C=O) groups is 2. The fourth-order valence-electron chi connectivity index (χ4n) is 8.09. The van der Waals surface area contributed by atoms with Gasteiger partial charge >= 0.3 is 0 Å². The van der Waals surface area contributed by atoms with E-state index in [-0.39, 0.29) is 34.3 Å². The van der Waals surface area contributed by atoms with Crippen LogP contribution in [-0.4, -0.2) is 71.6 Å². The van der Waals surface area contributed by atoms with Gasteiger partial charge in [-0.3, -0.25) is 19.0 Å².